The van der Waals surface area contributed by atoms with Gasteiger partial charge in [-0.3, -0.25) is 0 Å². The van der Waals surface area contributed by atoms with E-state index < -0.39 is 29.7 Å². The molecule has 1 aliphatic carbocycles. The Morgan fingerprint density at radius 2 is 2.03 bits per heavy atom. The number of anilines is 1. The number of halogens is 2. The van der Waals surface area contributed by atoms with Crippen molar-refractivity contribution in [2.24, 2.45) is 0 Å². The molecule has 8 heteroatoms. The molecule has 1 aromatic heterocycles. The average Bonchev–Trinajstić information content (AvgIpc) is 2.62. The lowest BCUT2D eigenvalue weighted by molar-refractivity contribution is 0.00656. The maximum absolute atomic E-state index is 14.6. The van der Waals surface area contributed by atoms with Crippen molar-refractivity contribution < 1.29 is 23.4 Å². The Morgan fingerprint density at radius 3 is 2.69 bits per heavy atom. The zero-order chi connectivity index (χ0) is 21.3. The second-order valence-electron chi connectivity index (χ2n) is 8.29. The van der Waals surface area contributed by atoms with Crippen molar-refractivity contribution in [1.82, 2.24) is 9.97 Å². The van der Waals surface area contributed by atoms with Crippen molar-refractivity contribution in [3.05, 3.63) is 41.5 Å². The number of aliphatic hydroxyl groups is 1. The number of hydrogen-bond donors (Lipinski definition) is 2. The molecule has 0 spiro atoms. The molecule has 6 nitrogen and oxygen atoms in total. The molecule has 29 heavy (non-hydrogen) atoms. The zero-order valence-electron chi connectivity index (χ0n) is 16.7. The number of carbonyl (C=O) groups excluding carboxylic acids is 1. The summed E-state index contributed by atoms with van der Waals surface area (Å²) in [5, 5.41) is 9.62. The van der Waals surface area contributed by atoms with Gasteiger partial charge < -0.3 is 15.6 Å². The molecule has 0 amide bonds. The van der Waals surface area contributed by atoms with Crippen LogP contribution in [0.5, 0.6) is 0 Å². The number of aliphatic hydroxyl groups excluding tert-OH is 1. The highest BCUT2D eigenvalue weighted by Crippen LogP contribution is 2.36. The first kappa shape index (κ1) is 21.1. The number of hydrogen-bond acceptors (Lipinski definition) is 6. The number of alkyl halides is 1. The van der Waals surface area contributed by atoms with Crippen molar-refractivity contribution in [2.45, 2.75) is 63.8 Å². The van der Waals surface area contributed by atoms with Crippen molar-refractivity contribution >= 4 is 11.8 Å². The fraction of sp³-hybridized carbons (Fsp3) is 0.476. The van der Waals surface area contributed by atoms with Crippen LogP contribution in [0.15, 0.2) is 24.4 Å². The van der Waals surface area contributed by atoms with E-state index in [1.165, 1.54) is 18.3 Å². The number of esters is 1. The van der Waals surface area contributed by atoms with Crippen LogP contribution in [-0.4, -0.2) is 38.9 Å². The molecular formula is C21H25F2N3O3. The molecule has 1 saturated carbocycles. The largest absolute Gasteiger partial charge is 0.456 e. The first-order valence-electron chi connectivity index (χ1n) is 9.53. The molecule has 0 aliphatic heterocycles. The highest BCUT2D eigenvalue weighted by atomic mass is 19.1. The minimum atomic E-state index is -1.34. The monoisotopic (exact) mass is 405 g/mol. The summed E-state index contributed by atoms with van der Waals surface area (Å²) in [5.41, 5.74) is 5.70. The lowest BCUT2D eigenvalue weighted by Gasteiger charge is -2.28. The van der Waals surface area contributed by atoms with Gasteiger partial charge in [0.05, 0.1) is 18.0 Å². The summed E-state index contributed by atoms with van der Waals surface area (Å²) in [6, 6.07) is 4.13. The summed E-state index contributed by atoms with van der Waals surface area (Å²) in [5.74, 6) is -1.81. The second-order valence-corrected chi connectivity index (χ2v) is 8.29. The Morgan fingerprint density at radius 1 is 1.31 bits per heavy atom. The summed E-state index contributed by atoms with van der Waals surface area (Å²) in [6.45, 7) is 5.06. The number of nitrogens with zero attached hydrogens (tertiary/aromatic N) is 2. The van der Waals surface area contributed by atoms with Gasteiger partial charge in [-0.2, -0.15) is 0 Å². The van der Waals surface area contributed by atoms with E-state index in [0.717, 1.165) is 6.07 Å². The zero-order valence-corrected chi connectivity index (χ0v) is 16.7. The molecule has 1 fully saturated rings. The SMILES string of the molecule is CC(C)(C)OC(=O)c1c(F)cccc1-c1nc([C@H]2CC[C@H](O)[C@@H](F)C2)cnc1N. The first-order chi connectivity index (χ1) is 13.6. The molecule has 156 valence electrons. The summed E-state index contributed by atoms with van der Waals surface area (Å²) in [6.07, 6.45) is 0.108. The molecule has 1 heterocycles. The van der Waals surface area contributed by atoms with Crippen LogP contribution in [0, 0.1) is 5.82 Å². The van der Waals surface area contributed by atoms with Gasteiger partial charge in [-0.25, -0.2) is 23.5 Å². The summed E-state index contributed by atoms with van der Waals surface area (Å²) >= 11 is 0. The van der Waals surface area contributed by atoms with Crippen molar-refractivity contribution in [3.63, 3.8) is 0 Å². The number of ether oxygens (including phenoxy) is 1. The van der Waals surface area contributed by atoms with Gasteiger partial charge in [0, 0.05) is 11.5 Å². The molecule has 2 aromatic rings. The van der Waals surface area contributed by atoms with Gasteiger partial charge in [-0.05, 0) is 46.1 Å². The minimum absolute atomic E-state index is 0.0248. The van der Waals surface area contributed by atoms with Crippen molar-refractivity contribution in [2.75, 3.05) is 5.73 Å². The van der Waals surface area contributed by atoms with Gasteiger partial charge in [-0.15, -0.1) is 0 Å². The highest BCUT2D eigenvalue weighted by Gasteiger charge is 2.32. The molecule has 1 aliphatic rings. The topological polar surface area (TPSA) is 98.3 Å². The summed E-state index contributed by atoms with van der Waals surface area (Å²) < 4.78 is 33.9. The lowest BCUT2D eigenvalue weighted by Crippen LogP contribution is -2.30. The van der Waals surface area contributed by atoms with Gasteiger partial charge in [0.15, 0.2) is 0 Å². The number of benzene rings is 1. The van der Waals surface area contributed by atoms with Crippen LogP contribution in [0.2, 0.25) is 0 Å². The van der Waals surface area contributed by atoms with Crippen molar-refractivity contribution in [3.8, 4) is 11.3 Å². The number of carbonyl (C=O) groups is 1. The van der Waals surface area contributed by atoms with Gasteiger partial charge in [0.1, 0.15) is 34.7 Å². The maximum Gasteiger partial charge on any atom is 0.342 e. The predicted octanol–water partition coefficient (Wildman–Crippen LogP) is 3.79. The average molecular weight is 405 g/mol. The molecule has 3 rings (SSSR count). The van der Waals surface area contributed by atoms with Crippen molar-refractivity contribution in [1.29, 1.82) is 0 Å². The molecular weight excluding hydrogens is 380 g/mol. The van der Waals surface area contributed by atoms with Gasteiger partial charge in [-0.1, -0.05) is 12.1 Å². The molecule has 0 radical (unpaired) electrons. The molecule has 3 atom stereocenters. The maximum atomic E-state index is 14.6. The quantitative estimate of drug-likeness (QED) is 0.754. The van der Waals surface area contributed by atoms with Gasteiger partial charge >= 0.3 is 5.97 Å². The second kappa shape index (κ2) is 8.02. The first-order valence-corrected chi connectivity index (χ1v) is 9.53. The Bertz CT molecular complexity index is 915. The van der Waals surface area contributed by atoms with E-state index in [0.29, 0.717) is 18.5 Å². The van der Waals surface area contributed by atoms with Crippen LogP contribution >= 0.6 is 0 Å². The summed E-state index contributed by atoms with van der Waals surface area (Å²) in [4.78, 5) is 21.3. The van der Waals surface area contributed by atoms with Gasteiger partial charge in [0.2, 0.25) is 0 Å². The molecule has 0 unspecified atom stereocenters. The number of rotatable bonds is 3. The van der Waals surface area contributed by atoms with E-state index in [-0.39, 0.29) is 35.0 Å². The number of nitrogen functional groups attached to an aromatic ring is 1. The Labute approximate surface area is 168 Å². The number of nitrogens with two attached hydrogens (primary N) is 1. The van der Waals surface area contributed by atoms with Gasteiger partial charge in [0.25, 0.3) is 0 Å². The number of aromatic nitrogens is 2. The van der Waals surface area contributed by atoms with E-state index in [4.69, 9.17) is 10.5 Å². The fourth-order valence-electron chi connectivity index (χ4n) is 3.43. The predicted molar refractivity (Wildman–Crippen MR) is 105 cm³/mol. The molecule has 0 bridgehead atoms. The molecule has 3 N–H and O–H groups in total. The molecule has 1 aromatic carbocycles. The fourth-order valence-corrected chi connectivity index (χ4v) is 3.43. The third-order valence-electron chi connectivity index (χ3n) is 4.85. The Balaban J connectivity index is 2.03. The van der Waals surface area contributed by atoms with Crippen LogP contribution < -0.4 is 5.73 Å². The van der Waals surface area contributed by atoms with E-state index in [2.05, 4.69) is 9.97 Å². The van der Waals surface area contributed by atoms with Crippen LogP contribution in [0.1, 0.15) is 62.0 Å². The van der Waals surface area contributed by atoms with E-state index in [1.54, 1.807) is 20.8 Å². The highest BCUT2D eigenvalue weighted by molar-refractivity contribution is 5.98. The van der Waals surface area contributed by atoms with Crippen LogP contribution in [0.25, 0.3) is 11.3 Å². The van der Waals surface area contributed by atoms with E-state index in [9.17, 15) is 18.7 Å². The summed E-state index contributed by atoms with van der Waals surface area (Å²) in [7, 11) is 0. The van der Waals surface area contributed by atoms with Crippen LogP contribution in [0.4, 0.5) is 14.6 Å². The molecule has 0 saturated heterocycles. The van der Waals surface area contributed by atoms with Crippen LogP contribution in [-0.2, 0) is 4.74 Å². The van der Waals surface area contributed by atoms with E-state index in [1.807, 2.05) is 0 Å². The Hall–Kier alpha value is -2.61. The smallest absolute Gasteiger partial charge is 0.342 e. The normalized spacial score (nSPS) is 22.3. The van der Waals surface area contributed by atoms with E-state index >= 15 is 0 Å². The van der Waals surface area contributed by atoms with Crippen LogP contribution in [0.3, 0.4) is 0 Å². The Kier molecular flexibility index (Phi) is 5.84. The lowest BCUT2D eigenvalue weighted by atomic mass is 9.84. The standard InChI is InChI=1S/C21H25F2N3O3/c1-21(2,3)29-20(28)17-12(5-4-6-13(17)22)18-19(24)25-10-15(26-18)11-7-8-16(27)14(23)9-11/h4-6,10-11,14,16,27H,7-9H2,1-3H3,(H2,24,25)/t11-,14-,16-/m0/s1. The third-order valence-corrected chi connectivity index (χ3v) is 4.85. The third kappa shape index (κ3) is 4.70. The minimum Gasteiger partial charge on any atom is -0.456 e.